The molecule has 3 aliphatic rings. The molecule has 15 nitrogen and oxygen atoms in total. The Hall–Kier alpha value is -3.87. The number of rotatable bonds is 10. The number of likely N-dealkylation sites (N-methyl/N-ethyl adjacent to an activating group) is 1. The summed E-state index contributed by atoms with van der Waals surface area (Å²) in [5.74, 6) is -4.11. The number of carboxylic acids is 1. The predicted molar refractivity (Wildman–Crippen MR) is 166 cm³/mol. The second-order valence-electron chi connectivity index (χ2n) is 10.8. The molecule has 1 aromatic carbocycles. The first kappa shape index (κ1) is 32.5. The number of anilines is 1. The molecule has 0 radical (unpaired) electrons. The molecule has 240 valence electrons. The number of nitrogens with two attached hydrogens (primary N) is 1. The lowest BCUT2D eigenvalue weighted by Gasteiger charge is -2.33. The first-order valence-electron chi connectivity index (χ1n) is 14.6. The van der Waals surface area contributed by atoms with Gasteiger partial charge in [-0.3, -0.25) is 19.3 Å². The third-order valence-corrected chi connectivity index (χ3v) is 9.66. The highest BCUT2D eigenvalue weighted by molar-refractivity contribution is 7.99. The molecular weight excluding hydrogens is 625 g/mol. The SMILES string of the molecule is CCN1CCN(C(=O)NC(C(=O)N[C@H]2Cc3ccc(SCCN4CCCC4)c(C(=O)O)c3OB2O)c2csc(N)n2)C(=O)C1=O. The molecule has 3 aliphatic heterocycles. The number of fused-ring (bicyclic) bond motifs is 1. The van der Waals surface area contributed by atoms with Gasteiger partial charge in [-0.15, -0.1) is 23.1 Å². The number of nitrogens with one attached hydrogen (secondary N) is 2. The van der Waals surface area contributed by atoms with E-state index in [9.17, 15) is 34.1 Å². The number of benzene rings is 1. The molecule has 0 saturated carbocycles. The minimum absolute atomic E-state index is 0.0348. The standard InChI is InChI=1S/C27H34BN7O8S2/c1-2-34-9-10-35(24(38)23(34)37)27(41)32-20(16-14-45-26(29)30-16)22(36)31-18-13-15-5-6-17(44-12-11-33-7-3-4-8-33)19(25(39)40)21(15)43-28(18)42/h5-6,14,18,20,42H,2-4,7-13H2,1H3,(H2,29,30)(H,31,36)(H,32,41)(H,39,40)/t18-,20?/m0/s1. The summed E-state index contributed by atoms with van der Waals surface area (Å²) >= 11 is 2.44. The van der Waals surface area contributed by atoms with E-state index in [4.69, 9.17) is 10.4 Å². The van der Waals surface area contributed by atoms with Gasteiger partial charge in [-0.25, -0.2) is 14.6 Å². The lowest BCUT2D eigenvalue weighted by molar-refractivity contribution is -0.153. The van der Waals surface area contributed by atoms with E-state index in [-0.39, 0.29) is 41.6 Å². The molecule has 18 heteroatoms. The normalized spacial score (nSPS) is 19.2. The van der Waals surface area contributed by atoms with Gasteiger partial charge >= 0.3 is 30.9 Å². The number of carbonyl (C=O) groups excluding carboxylic acids is 4. The van der Waals surface area contributed by atoms with Crippen LogP contribution in [0.4, 0.5) is 9.93 Å². The smallest absolute Gasteiger partial charge is 0.534 e. The number of likely N-dealkylation sites (tertiary alicyclic amines) is 1. The molecule has 6 N–H and O–H groups in total. The lowest BCUT2D eigenvalue weighted by Crippen LogP contribution is -2.60. The fraction of sp³-hybridized carbons (Fsp3) is 0.481. The van der Waals surface area contributed by atoms with Crippen molar-refractivity contribution in [3.63, 3.8) is 0 Å². The van der Waals surface area contributed by atoms with Crippen LogP contribution in [0.25, 0.3) is 0 Å². The van der Waals surface area contributed by atoms with Gasteiger partial charge in [0.15, 0.2) is 11.2 Å². The van der Waals surface area contributed by atoms with E-state index in [1.165, 1.54) is 22.0 Å². The molecule has 0 bridgehead atoms. The number of aromatic nitrogens is 1. The molecular formula is C27H34BN7O8S2. The van der Waals surface area contributed by atoms with Crippen molar-refractivity contribution in [3.05, 3.63) is 34.3 Å². The zero-order chi connectivity index (χ0) is 32.2. The number of nitrogens with zero attached hydrogens (tertiary/aromatic N) is 4. The Labute approximate surface area is 267 Å². The molecule has 5 rings (SSSR count). The highest BCUT2D eigenvalue weighted by Crippen LogP contribution is 2.37. The maximum absolute atomic E-state index is 13.5. The number of hydrogen-bond acceptors (Lipinski definition) is 12. The van der Waals surface area contributed by atoms with Gasteiger partial charge in [0.2, 0.25) is 5.91 Å². The first-order valence-corrected chi connectivity index (χ1v) is 16.5. The van der Waals surface area contributed by atoms with Crippen molar-refractivity contribution in [1.82, 2.24) is 30.3 Å². The van der Waals surface area contributed by atoms with E-state index in [1.807, 2.05) is 0 Å². The number of thioether (sulfide) groups is 1. The fourth-order valence-electron chi connectivity index (χ4n) is 5.52. The number of thiazole rings is 1. The van der Waals surface area contributed by atoms with E-state index in [0.29, 0.717) is 22.8 Å². The number of piperazine rings is 1. The van der Waals surface area contributed by atoms with E-state index in [2.05, 4.69) is 20.5 Å². The Kier molecular flexibility index (Phi) is 10.2. The Morgan fingerprint density at radius 3 is 2.62 bits per heavy atom. The zero-order valence-electron chi connectivity index (χ0n) is 24.6. The Morgan fingerprint density at radius 2 is 1.96 bits per heavy atom. The van der Waals surface area contributed by atoms with Gasteiger partial charge < -0.3 is 41.0 Å². The third-order valence-electron chi connectivity index (χ3n) is 7.93. The van der Waals surface area contributed by atoms with Crippen molar-refractivity contribution >= 4 is 65.1 Å². The minimum atomic E-state index is -1.61. The Balaban J connectivity index is 1.29. The molecule has 0 spiro atoms. The van der Waals surface area contributed by atoms with Crippen LogP contribution < -0.4 is 21.0 Å². The molecule has 1 unspecified atom stereocenters. The maximum atomic E-state index is 13.5. The van der Waals surface area contributed by atoms with Crippen molar-refractivity contribution in [1.29, 1.82) is 0 Å². The summed E-state index contributed by atoms with van der Waals surface area (Å²) in [6.45, 7) is 5.02. The summed E-state index contributed by atoms with van der Waals surface area (Å²) in [6, 6.07) is 1.01. The van der Waals surface area contributed by atoms with Gasteiger partial charge in [-0.1, -0.05) is 6.07 Å². The monoisotopic (exact) mass is 659 g/mol. The third kappa shape index (κ3) is 7.18. The van der Waals surface area contributed by atoms with Gasteiger partial charge in [-0.2, -0.15) is 0 Å². The van der Waals surface area contributed by atoms with Gasteiger partial charge in [0, 0.05) is 42.2 Å². The number of carboxylic acid groups (broad SMARTS) is 1. The predicted octanol–water partition coefficient (Wildman–Crippen LogP) is 0.192. The van der Waals surface area contributed by atoms with Gasteiger partial charge in [-0.05, 0) is 50.9 Å². The number of carbonyl (C=O) groups is 5. The van der Waals surface area contributed by atoms with Crippen LogP contribution in [-0.4, -0.2) is 118 Å². The number of aromatic carboxylic acids is 1. The quantitative estimate of drug-likeness (QED) is 0.132. The summed E-state index contributed by atoms with van der Waals surface area (Å²) in [7, 11) is -1.61. The molecule has 2 aromatic rings. The van der Waals surface area contributed by atoms with Crippen LogP contribution in [0.3, 0.4) is 0 Å². The number of nitrogen functional groups attached to an aromatic ring is 1. The van der Waals surface area contributed by atoms with Gasteiger partial charge in [0.05, 0.1) is 11.6 Å². The van der Waals surface area contributed by atoms with E-state index in [1.54, 1.807) is 19.1 Å². The molecule has 4 heterocycles. The van der Waals surface area contributed by atoms with Gasteiger partial charge in [0.25, 0.3) is 0 Å². The van der Waals surface area contributed by atoms with Crippen LogP contribution in [-0.2, 0) is 20.8 Å². The van der Waals surface area contributed by atoms with Crippen LogP contribution in [0.1, 0.15) is 47.4 Å². The van der Waals surface area contributed by atoms with Crippen molar-refractivity contribution in [3.8, 4) is 5.75 Å². The fourth-order valence-corrected chi connectivity index (χ4v) is 7.17. The molecule has 5 amide bonds. The van der Waals surface area contributed by atoms with Gasteiger partial charge in [0.1, 0.15) is 11.3 Å². The van der Waals surface area contributed by atoms with Crippen LogP contribution in [0, 0.1) is 0 Å². The highest BCUT2D eigenvalue weighted by atomic mass is 32.2. The molecule has 2 saturated heterocycles. The summed E-state index contributed by atoms with van der Waals surface area (Å²) in [5, 5.41) is 27.6. The lowest BCUT2D eigenvalue weighted by atomic mass is 9.72. The molecule has 1 aromatic heterocycles. The number of urea groups is 1. The van der Waals surface area contributed by atoms with E-state index >= 15 is 0 Å². The second kappa shape index (κ2) is 14.1. The molecule has 2 atom stereocenters. The molecule has 45 heavy (non-hydrogen) atoms. The first-order chi connectivity index (χ1) is 21.6. The second-order valence-corrected chi connectivity index (χ2v) is 12.8. The number of amides is 5. The van der Waals surface area contributed by atoms with Crippen LogP contribution >= 0.6 is 23.1 Å². The number of hydrogen-bond donors (Lipinski definition) is 5. The highest BCUT2D eigenvalue weighted by Gasteiger charge is 2.42. The van der Waals surface area contributed by atoms with Crippen LogP contribution in [0.2, 0.25) is 0 Å². The molecule has 2 fully saturated rings. The van der Waals surface area contributed by atoms with Crippen molar-refractivity contribution in [2.24, 2.45) is 0 Å². The molecule has 0 aliphatic carbocycles. The summed E-state index contributed by atoms with van der Waals surface area (Å²) in [5.41, 5.74) is 6.28. The average molecular weight is 660 g/mol. The average Bonchev–Trinajstić information content (AvgIpc) is 3.69. The topological polar surface area (TPSA) is 208 Å². The summed E-state index contributed by atoms with van der Waals surface area (Å²) in [4.78, 5) is 72.8. The van der Waals surface area contributed by atoms with Crippen LogP contribution in [0.5, 0.6) is 5.75 Å². The zero-order valence-corrected chi connectivity index (χ0v) is 26.2. The van der Waals surface area contributed by atoms with Crippen molar-refractivity contribution in [2.75, 3.05) is 50.8 Å². The van der Waals surface area contributed by atoms with E-state index in [0.717, 1.165) is 48.7 Å². The summed E-state index contributed by atoms with van der Waals surface area (Å²) < 4.78 is 5.69. The summed E-state index contributed by atoms with van der Waals surface area (Å²) in [6.07, 6.45) is 2.36. The maximum Gasteiger partial charge on any atom is 0.547 e. The largest absolute Gasteiger partial charge is 0.547 e. The minimum Gasteiger partial charge on any atom is -0.534 e. The Bertz CT molecular complexity index is 1490. The Morgan fingerprint density at radius 1 is 1.20 bits per heavy atom. The van der Waals surface area contributed by atoms with Crippen molar-refractivity contribution in [2.45, 2.75) is 43.1 Å². The van der Waals surface area contributed by atoms with E-state index < -0.39 is 48.8 Å². The van der Waals surface area contributed by atoms with Crippen LogP contribution in [0.15, 0.2) is 22.4 Å². The number of imide groups is 1. The van der Waals surface area contributed by atoms with Crippen molar-refractivity contribution < 1.29 is 38.8 Å².